The molecule has 0 aromatic heterocycles. The molecule has 0 spiro atoms. The third-order valence-corrected chi connectivity index (χ3v) is 3.94. The highest BCUT2D eigenvalue weighted by Gasteiger charge is 2.37. The topological polar surface area (TPSA) is 111 Å². The number of nitro groups is 1. The zero-order chi connectivity index (χ0) is 18.6. The molecule has 1 atom stereocenters. The number of carbonyl (C=O) groups excluding carboxylic acids is 2. The van der Waals surface area contributed by atoms with Crippen molar-refractivity contribution in [1.29, 1.82) is 0 Å². The van der Waals surface area contributed by atoms with Crippen molar-refractivity contribution in [3.63, 3.8) is 0 Å². The van der Waals surface area contributed by atoms with Gasteiger partial charge in [0, 0.05) is 25.9 Å². The summed E-state index contributed by atoms with van der Waals surface area (Å²) in [4.78, 5) is 36.7. The summed E-state index contributed by atoms with van der Waals surface area (Å²) in [6.45, 7) is 1.84. The molecule has 2 rings (SSSR count). The van der Waals surface area contributed by atoms with E-state index in [0.717, 1.165) is 0 Å². The summed E-state index contributed by atoms with van der Waals surface area (Å²) in [5.74, 6) is -0.662. The molecular weight excluding hydrogens is 330 g/mol. The third kappa shape index (κ3) is 3.77. The molecule has 9 heteroatoms. The molecule has 0 saturated heterocycles. The lowest BCUT2D eigenvalue weighted by molar-refractivity contribution is -0.385. The Morgan fingerprint density at radius 3 is 2.68 bits per heavy atom. The molecule has 0 saturated carbocycles. The van der Waals surface area contributed by atoms with Crippen LogP contribution >= 0.6 is 0 Å². The second kappa shape index (κ2) is 7.75. The second-order valence-corrected chi connectivity index (χ2v) is 5.39. The number of nitro benzene ring substituents is 1. The molecule has 0 radical (unpaired) electrons. The normalized spacial score (nSPS) is 17.3. The van der Waals surface area contributed by atoms with Crippen molar-refractivity contribution in [2.75, 3.05) is 27.4 Å². The summed E-state index contributed by atoms with van der Waals surface area (Å²) < 4.78 is 10.0. The molecule has 1 aliphatic heterocycles. The number of esters is 1. The minimum atomic E-state index is -0.972. The van der Waals surface area contributed by atoms with E-state index in [0.29, 0.717) is 5.70 Å². The van der Waals surface area contributed by atoms with Crippen molar-refractivity contribution in [2.45, 2.75) is 13.0 Å². The Balaban J connectivity index is 2.49. The van der Waals surface area contributed by atoms with Crippen LogP contribution < -0.4 is 5.32 Å². The summed E-state index contributed by atoms with van der Waals surface area (Å²) in [7, 11) is 2.98. The second-order valence-electron chi connectivity index (χ2n) is 5.39. The number of carbonyl (C=O) groups is 2. The first-order valence-electron chi connectivity index (χ1n) is 7.52. The average Bonchev–Trinajstić information content (AvgIpc) is 2.59. The Labute approximate surface area is 144 Å². The predicted octanol–water partition coefficient (Wildman–Crippen LogP) is 1.75. The van der Waals surface area contributed by atoms with E-state index in [9.17, 15) is 19.7 Å². The molecule has 1 aromatic carbocycles. The van der Waals surface area contributed by atoms with Crippen LogP contribution in [0.5, 0.6) is 0 Å². The summed E-state index contributed by atoms with van der Waals surface area (Å²) >= 11 is 0. The molecule has 0 bridgehead atoms. The minimum absolute atomic E-state index is 0.0351. The maximum Gasteiger partial charge on any atom is 0.338 e. The number of nitrogens with zero attached hydrogens (tertiary/aromatic N) is 2. The van der Waals surface area contributed by atoms with Gasteiger partial charge in [0.2, 0.25) is 0 Å². The first kappa shape index (κ1) is 18.4. The fraction of sp³-hybridized carbons (Fsp3) is 0.375. The maximum absolute atomic E-state index is 12.5. The fourth-order valence-electron chi connectivity index (χ4n) is 2.53. The largest absolute Gasteiger partial charge is 0.460 e. The van der Waals surface area contributed by atoms with Gasteiger partial charge in [0.25, 0.3) is 5.69 Å². The van der Waals surface area contributed by atoms with Gasteiger partial charge >= 0.3 is 12.0 Å². The van der Waals surface area contributed by atoms with Gasteiger partial charge in [-0.3, -0.25) is 10.1 Å². The van der Waals surface area contributed by atoms with Gasteiger partial charge in [0.15, 0.2) is 0 Å². The van der Waals surface area contributed by atoms with E-state index in [1.807, 2.05) is 0 Å². The standard InChI is InChI=1S/C16H19N3O6/c1-10-13(15(20)25-9-8-24-3)14(17-16(21)18(10)2)11-6-4-5-7-12(11)19(22)23/h4-7,14H,8-9H2,1-3H3,(H,17,21)/t14-/m0/s1. The van der Waals surface area contributed by atoms with E-state index < -0.39 is 23.0 Å². The van der Waals surface area contributed by atoms with Crippen LogP contribution in [-0.2, 0) is 14.3 Å². The van der Waals surface area contributed by atoms with Gasteiger partial charge in [-0.1, -0.05) is 12.1 Å². The number of para-hydroxylation sites is 1. The number of hydrogen-bond acceptors (Lipinski definition) is 6. The molecular formula is C16H19N3O6. The number of hydrogen-bond donors (Lipinski definition) is 1. The highest BCUT2D eigenvalue weighted by molar-refractivity contribution is 5.95. The van der Waals surface area contributed by atoms with Crippen LogP contribution in [0.1, 0.15) is 18.5 Å². The van der Waals surface area contributed by atoms with Crippen LogP contribution in [0.3, 0.4) is 0 Å². The number of ether oxygens (including phenoxy) is 2. The maximum atomic E-state index is 12.5. The Morgan fingerprint density at radius 2 is 2.04 bits per heavy atom. The van der Waals surface area contributed by atoms with Crippen molar-refractivity contribution in [1.82, 2.24) is 10.2 Å². The van der Waals surface area contributed by atoms with Crippen molar-refractivity contribution in [3.05, 3.63) is 51.2 Å². The first-order chi connectivity index (χ1) is 11.9. The number of urea groups is 1. The molecule has 9 nitrogen and oxygen atoms in total. The molecule has 0 aliphatic carbocycles. The summed E-state index contributed by atoms with van der Waals surface area (Å²) in [5, 5.41) is 13.9. The van der Waals surface area contributed by atoms with Crippen LogP contribution in [-0.4, -0.2) is 49.2 Å². The Kier molecular flexibility index (Phi) is 5.71. The number of rotatable bonds is 6. The van der Waals surface area contributed by atoms with Gasteiger partial charge < -0.3 is 19.7 Å². The van der Waals surface area contributed by atoms with E-state index >= 15 is 0 Å². The fourth-order valence-corrected chi connectivity index (χ4v) is 2.53. The first-order valence-corrected chi connectivity index (χ1v) is 7.52. The quantitative estimate of drug-likeness (QED) is 0.362. The smallest absolute Gasteiger partial charge is 0.338 e. The Morgan fingerprint density at radius 1 is 1.36 bits per heavy atom. The zero-order valence-electron chi connectivity index (χ0n) is 14.1. The van der Waals surface area contributed by atoms with E-state index in [4.69, 9.17) is 9.47 Å². The van der Waals surface area contributed by atoms with Crippen molar-refractivity contribution in [2.24, 2.45) is 0 Å². The lowest BCUT2D eigenvalue weighted by Gasteiger charge is -2.33. The molecule has 2 amide bonds. The van der Waals surface area contributed by atoms with Gasteiger partial charge in [-0.05, 0) is 13.0 Å². The van der Waals surface area contributed by atoms with Gasteiger partial charge in [-0.25, -0.2) is 9.59 Å². The number of nitrogens with one attached hydrogen (secondary N) is 1. The van der Waals surface area contributed by atoms with Gasteiger partial charge in [0.1, 0.15) is 6.61 Å². The van der Waals surface area contributed by atoms with E-state index in [1.54, 1.807) is 13.0 Å². The summed E-state index contributed by atoms with van der Waals surface area (Å²) in [6, 6.07) is 4.52. The highest BCUT2D eigenvalue weighted by Crippen LogP contribution is 2.35. The number of methoxy groups -OCH3 is 1. The molecule has 1 aliphatic rings. The van der Waals surface area contributed by atoms with Crippen molar-refractivity contribution < 1.29 is 24.0 Å². The van der Waals surface area contributed by atoms with E-state index in [2.05, 4.69) is 5.32 Å². The number of benzene rings is 1. The molecule has 1 heterocycles. The average molecular weight is 349 g/mol. The summed E-state index contributed by atoms with van der Waals surface area (Å²) in [5.41, 5.74) is 0.543. The zero-order valence-corrected chi connectivity index (χ0v) is 14.1. The molecule has 1 aromatic rings. The van der Waals surface area contributed by atoms with Gasteiger partial charge in [-0.2, -0.15) is 0 Å². The minimum Gasteiger partial charge on any atom is -0.460 e. The lowest BCUT2D eigenvalue weighted by Crippen LogP contribution is -2.46. The predicted molar refractivity (Wildman–Crippen MR) is 87.7 cm³/mol. The highest BCUT2D eigenvalue weighted by atomic mass is 16.6. The molecule has 1 N–H and O–H groups in total. The van der Waals surface area contributed by atoms with Crippen LogP contribution in [0.25, 0.3) is 0 Å². The van der Waals surface area contributed by atoms with Crippen molar-refractivity contribution in [3.8, 4) is 0 Å². The van der Waals surface area contributed by atoms with E-state index in [-0.39, 0.29) is 30.0 Å². The monoisotopic (exact) mass is 349 g/mol. The lowest BCUT2D eigenvalue weighted by atomic mass is 9.94. The third-order valence-electron chi connectivity index (χ3n) is 3.94. The number of amides is 2. The number of allylic oxidation sites excluding steroid dienone is 1. The van der Waals surface area contributed by atoms with Crippen LogP contribution in [0.2, 0.25) is 0 Å². The van der Waals surface area contributed by atoms with Crippen molar-refractivity contribution >= 4 is 17.7 Å². The van der Waals surface area contributed by atoms with Crippen LogP contribution in [0, 0.1) is 10.1 Å². The molecule has 25 heavy (non-hydrogen) atoms. The Bertz CT molecular complexity index is 730. The molecule has 0 unspecified atom stereocenters. The van der Waals surface area contributed by atoms with Crippen LogP contribution in [0.4, 0.5) is 10.5 Å². The van der Waals surface area contributed by atoms with Gasteiger partial charge in [-0.15, -0.1) is 0 Å². The van der Waals surface area contributed by atoms with E-state index in [1.165, 1.54) is 37.3 Å². The SMILES string of the molecule is COCCOC(=O)C1=C(C)N(C)C(=O)N[C@H]1c1ccccc1[N+](=O)[O-]. The van der Waals surface area contributed by atoms with Crippen LogP contribution in [0.15, 0.2) is 35.5 Å². The van der Waals surface area contributed by atoms with Gasteiger partial charge in [0.05, 0.1) is 28.7 Å². The molecule has 0 fully saturated rings. The summed E-state index contributed by atoms with van der Waals surface area (Å²) in [6.07, 6.45) is 0. The Hall–Kier alpha value is -2.94. The molecule has 134 valence electrons.